The lowest BCUT2D eigenvalue weighted by Crippen LogP contribution is -2.25. The summed E-state index contributed by atoms with van der Waals surface area (Å²) in [5, 5.41) is 1.70. The molecular weight excluding hydrogens is 399 g/mol. The first kappa shape index (κ1) is 19.3. The van der Waals surface area contributed by atoms with E-state index in [1.165, 1.54) is 12.8 Å². The second-order valence-electron chi connectivity index (χ2n) is 6.15. The first-order chi connectivity index (χ1) is 12.1. The Morgan fingerprint density at radius 1 is 1.00 bits per heavy atom. The third kappa shape index (κ3) is 3.63. The molecule has 3 nitrogen and oxygen atoms in total. The van der Waals surface area contributed by atoms with Crippen LogP contribution in [0.2, 0.25) is 5.02 Å². The fraction of sp³-hybridized carbons (Fsp3) is 0.333. The molecule has 26 heavy (non-hydrogen) atoms. The summed E-state index contributed by atoms with van der Waals surface area (Å²) in [5.41, 5.74) is 0.787. The van der Waals surface area contributed by atoms with E-state index in [4.69, 9.17) is 11.6 Å². The number of fused-ring (bicyclic) bond motifs is 1. The standard InChI is InChI=1S/C18H16ClF2N3S.ClH/c19-12-10-13(20)11(9-14(12)21)17-22-15-5-8-25-16(15)18(23-17)24-6-3-1-2-4-7-24;/h5,8-10H,1-4,6-7H2;1H. The molecule has 1 saturated heterocycles. The fourth-order valence-electron chi connectivity index (χ4n) is 3.16. The number of thiophene rings is 1. The highest BCUT2D eigenvalue weighted by molar-refractivity contribution is 7.17. The summed E-state index contributed by atoms with van der Waals surface area (Å²) in [6.45, 7) is 1.84. The number of anilines is 1. The number of aromatic nitrogens is 2. The van der Waals surface area contributed by atoms with Crippen molar-refractivity contribution in [1.82, 2.24) is 9.97 Å². The highest BCUT2D eigenvalue weighted by Gasteiger charge is 2.20. The Balaban J connectivity index is 0.00000196. The van der Waals surface area contributed by atoms with Gasteiger partial charge < -0.3 is 4.90 Å². The Kier molecular flexibility index (Phi) is 5.95. The second kappa shape index (κ2) is 8.03. The van der Waals surface area contributed by atoms with Crippen LogP contribution >= 0.6 is 35.3 Å². The Labute approximate surface area is 165 Å². The lowest BCUT2D eigenvalue weighted by atomic mass is 10.2. The van der Waals surface area contributed by atoms with Crippen LogP contribution < -0.4 is 4.90 Å². The van der Waals surface area contributed by atoms with E-state index >= 15 is 0 Å². The van der Waals surface area contributed by atoms with Crippen LogP contribution in [-0.2, 0) is 0 Å². The normalized spacial score (nSPS) is 15.0. The van der Waals surface area contributed by atoms with Gasteiger partial charge in [0.1, 0.15) is 11.6 Å². The van der Waals surface area contributed by atoms with Crippen LogP contribution in [0, 0.1) is 11.6 Å². The summed E-state index contributed by atoms with van der Waals surface area (Å²) in [5.74, 6) is -0.295. The molecule has 138 valence electrons. The van der Waals surface area contributed by atoms with Crippen LogP contribution in [0.4, 0.5) is 14.6 Å². The van der Waals surface area contributed by atoms with Crippen molar-refractivity contribution >= 4 is 51.4 Å². The molecule has 3 heterocycles. The molecule has 0 spiro atoms. The van der Waals surface area contributed by atoms with E-state index in [2.05, 4.69) is 14.9 Å². The number of hydrogen-bond acceptors (Lipinski definition) is 4. The molecule has 4 rings (SSSR count). The first-order valence-corrected chi connectivity index (χ1v) is 9.54. The number of benzene rings is 1. The van der Waals surface area contributed by atoms with Gasteiger partial charge in [-0.3, -0.25) is 0 Å². The Morgan fingerprint density at radius 2 is 1.73 bits per heavy atom. The van der Waals surface area contributed by atoms with Crippen LogP contribution in [0.1, 0.15) is 25.7 Å². The minimum atomic E-state index is -0.677. The maximum atomic E-state index is 14.3. The minimum Gasteiger partial charge on any atom is -0.355 e. The van der Waals surface area contributed by atoms with E-state index in [1.54, 1.807) is 11.3 Å². The molecular formula is C18H17Cl2F2N3S. The van der Waals surface area contributed by atoms with Gasteiger partial charge in [-0.25, -0.2) is 18.7 Å². The van der Waals surface area contributed by atoms with E-state index in [1.807, 2.05) is 11.4 Å². The van der Waals surface area contributed by atoms with E-state index in [-0.39, 0.29) is 28.8 Å². The van der Waals surface area contributed by atoms with Crippen molar-refractivity contribution in [2.75, 3.05) is 18.0 Å². The van der Waals surface area contributed by atoms with Gasteiger partial charge in [0.15, 0.2) is 11.6 Å². The molecule has 1 aliphatic rings. The molecule has 0 radical (unpaired) electrons. The zero-order valence-electron chi connectivity index (χ0n) is 13.8. The first-order valence-electron chi connectivity index (χ1n) is 8.28. The lowest BCUT2D eigenvalue weighted by molar-refractivity contribution is 0.602. The molecule has 3 aromatic rings. The highest BCUT2D eigenvalue weighted by atomic mass is 35.5. The summed E-state index contributed by atoms with van der Waals surface area (Å²) in [6.07, 6.45) is 4.63. The SMILES string of the molecule is Cl.Fc1cc(-c2nc(N3CCCCCC3)c3sccc3n2)c(F)cc1Cl. The van der Waals surface area contributed by atoms with Crippen molar-refractivity contribution in [2.45, 2.75) is 25.7 Å². The molecule has 0 N–H and O–H groups in total. The molecule has 0 bridgehead atoms. The zero-order valence-corrected chi connectivity index (χ0v) is 16.2. The quantitative estimate of drug-likeness (QED) is 0.474. The Bertz CT molecular complexity index is 924. The van der Waals surface area contributed by atoms with Crippen LogP contribution in [0.5, 0.6) is 0 Å². The molecule has 1 aliphatic heterocycles. The average Bonchev–Trinajstić information content (AvgIpc) is 2.90. The molecule has 1 fully saturated rings. The van der Waals surface area contributed by atoms with Crippen molar-refractivity contribution in [3.8, 4) is 11.4 Å². The second-order valence-corrected chi connectivity index (χ2v) is 7.48. The topological polar surface area (TPSA) is 29.0 Å². The van der Waals surface area contributed by atoms with E-state index in [0.717, 1.165) is 54.1 Å². The lowest BCUT2D eigenvalue weighted by Gasteiger charge is -2.22. The van der Waals surface area contributed by atoms with Crippen LogP contribution in [0.25, 0.3) is 21.6 Å². The molecule has 0 saturated carbocycles. The summed E-state index contributed by atoms with van der Waals surface area (Å²) in [4.78, 5) is 11.3. The summed E-state index contributed by atoms with van der Waals surface area (Å²) in [7, 11) is 0. The maximum Gasteiger partial charge on any atom is 0.165 e. The fourth-order valence-corrected chi connectivity index (χ4v) is 4.16. The van der Waals surface area contributed by atoms with E-state index < -0.39 is 11.6 Å². The van der Waals surface area contributed by atoms with Crippen molar-refractivity contribution in [3.63, 3.8) is 0 Å². The van der Waals surface area contributed by atoms with Crippen molar-refractivity contribution < 1.29 is 8.78 Å². The predicted molar refractivity (Wildman–Crippen MR) is 106 cm³/mol. The summed E-state index contributed by atoms with van der Waals surface area (Å²) in [6, 6.07) is 3.92. The summed E-state index contributed by atoms with van der Waals surface area (Å²) < 4.78 is 29.2. The van der Waals surface area contributed by atoms with E-state index in [9.17, 15) is 8.78 Å². The minimum absolute atomic E-state index is 0. The Morgan fingerprint density at radius 3 is 2.46 bits per heavy atom. The third-order valence-corrected chi connectivity index (χ3v) is 5.63. The monoisotopic (exact) mass is 415 g/mol. The maximum absolute atomic E-state index is 14.3. The van der Waals surface area contributed by atoms with Gasteiger partial charge in [-0.2, -0.15) is 0 Å². The van der Waals surface area contributed by atoms with Gasteiger partial charge in [0, 0.05) is 13.1 Å². The average molecular weight is 416 g/mol. The smallest absolute Gasteiger partial charge is 0.165 e. The van der Waals surface area contributed by atoms with Gasteiger partial charge in [0.05, 0.1) is 20.8 Å². The van der Waals surface area contributed by atoms with Gasteiger partial charge in [0.25, 0.3) is 0 Å². The van der Waals surface area contributed by atoms with Gasteiger partial charge in [0.2, 0.25) is 0 Å². The predicted octanol–water partition coefficient (Wildman–Crippen LogP) is 6.09. The van der Waals surface area contributed by atoms with Crippen LogP contribution in [0.15, 0.2) is 23.6 Å². The van der Waals surface area contributed by atoms with E-state index in [0.29, 0.717) is 0 Å². The molecule has 0 amide bonds. The highest BCUT2D eigenvalue weighted by Crippen LogP contribution is 2.34. The number of rotatable bonds is 2. The van der Waals surface area contributed by atoms with Crippen LogP contribution in [0.3, 0.4) is 0 Å². The van der Waals surface area contributed by atoms with Crippen LogP contribution in [-0.4, -0.2) is 23.1 Å². The van der Waals surface area contributed by atoms with Gasteiger partial charge >= 0.3 is 0 Å². The zero-order chi connectivity index (χ0) is 17.4. The Hall–Kier alpha value is -1.50. The number of hydrogen-bond donors (Lipinski definition) is 0. The summed E-state index contributed by atoms with van der Waals surface area (Å²) >= 11 is 7.23. The van der Waals surface area contributed by atoms with Crippen molar-refractivity contribution in [3.05, 3.63) is 40.2 Å². The molecule has 0 aliphatic carbocycles. The van der Waals surface area contributed by atoms with Gasteiger partial charge in [-0.05, 0) is 36.4 Å². The number of halogens is 4. The third-order valence-electron chi connectivity index (χ3n) is 4.44. The van der Waals surface area contributed by atoms with Crippen molar-refractivity contribution in [2.24, 2.45) is 0 Å². The number of nitrogens with zero attached hydrogens (tertiary/aromatic N) is 3. The van der Waals surface area contributed by atoms with Gasteiger partial charge in [-0.15, -0.1) is 23.7 Å². The molecule has 8 heteroatoms. The largest absolute Gasteiger partial charge is 0.355 e. The molecule has 0 atom stereocenters. The molecule has 1 aromatic carbocycles. The molecule has 2 aromatic heterocycles. The van der Waals surface area contributed by atoms with Gasteiger partial charge in [-0.1, -0.05) is 24.4 Å². The molecule has 0 unspecified atom stereocenters. The van der Waals surface area contributed by atoms with Crippen molar-refractivity contribution in [1.29, 1.82) is 0 Å².